The average molecular weight is 353 g/mol. The molecule has 1 aromatic rings. The molecule has 1 fully saturated rings. The number of amides is 2. The van der Waals surface area contributed by atoms with Crippen LogP contribution < -0.4 is 14.8 Å². The van der Waals surface area contributed by atoms with E-state index in [4.69, 9.17) is 4.74 Å². The third kappa shape index (κ3) is 3.49. The Bertz CT molecular complexity index is 720. The van der Waals surface area contributed by atoms with E-state index in [0.717, 1.165) is 0 Å². The highest BCUT2D eigenvalue weighted by Gasteiger charge is 2.37. The van der Waals surface area contributed by atoms with Crippen molar-refractivity contribution >= 4 is 16.1 Å². The summed E-state index contributed by atoms with van der Waals surface area (Å²) in [4.78, 5) is 14.1. The minimum atomic E-state index is -3.62. The van der Waals surface area contributed by atoms with Crippen molar-refractivity contribution in [3.05, 3.63) is 24.3 Å². The van der Waals surface area contributed by atoms with Gasteiger partial charge >= 0.3 is 6.03 Å². The fraction of sp³-hybridized carbons (Fsp3) is 0.562. The number of likely N-dealkylation sites (tertiary alicyclic amines) is 1. The monoisotopic (exact) mass is 353 g/mol. The molecule has 0 radical (unpaired) electrons. The van der Waals surface area contributed by atoms with Gasteiger partial charge in [-0.3, -0.25) is 0 Å². The Morgan fingerprint density at radius 2 is 2.00 bits per heavy atom. The molecule has 0 spiro atoms. The Hall–Kier alpha value is -1.80. The van der Waals surface area contributed by atoms with E-state index in [2.05, 4.69) is 10.0 Å². The number of rotatable bonds is 1. The van der Waals surface area contributed by atoms with Gasteiger partial charge in [0.1, 0.15) is 16.7 Å². The number of para-hydroxylation sites is 1. The molecule has 7 nitrogen and oxygen atoms in total. The first kappa shape index (κ1) is 17.0. The molecule has 2 amide bonds. The summed E-state index contributed by atoms with van der Waals surface area (Å²) in [6.45, 7) is 4.84. The first-order valence-corrected chi connectivity index (χ1v) is 9.68. The molecular formula is C16H23N3O4S. The lowest BCUT2D eigenvalue weighted by atomic mass is 10.1. The van der Waals surface area contributed by atoms with Crippen LogP contribution in [0.25, 0.3) is 0 Å². The van der Waals surface area contributed by atoms with Crippen LogP contribution in [0.5, 0.6) is 5.75 Å². The van der Waals surface area contributed by atoms with E-state index in [1.807, 2.05) is 13.8 Å². The lowest BCUT2D eigenvalue weighted by Gasteiger charge is -2.22. The smallest absolute Gasteiger partial charge is 0.317 e. The SMILES string of the molecule is CC(C)NC(=O)N1CC[C@@H]2NS(=O)(=O)c3ccccc3O[C@H]2CC1. The van der Waals surface area contributed by atoms with Crippen LogP contribution >= 0.6 is 0 Å². The normalized spacial score (nSPS) is 25.7. The van der Waals surface area contributed by atoms with Crippen LogP contribution in [0, 0.1) is 0 Å². The summed E-state index contributed by atoms with van der Waals surface area (Å²) < 4.78 is 33.8. The molecule has 0 bridgehead atoms. The number of carbonyl (C=O) groups is 1. The van der Waals surface area contributed by atoms with E-state index in [1.54, 1.807) is 29.2 Å². The zero-order valence-corrected chi connectivity index (χ0v) is 14.7. The molecule has 0 aromatic heterocycles. The Balaban J connectivity index is 1.80. The van der Waals surface area contributed by atoms with E-state index in [1.165, 1.54) is 0 Å². The highest BCUT2D eigenvalue weighted by atomic mass is 32.2. The van der Waals surface area contributed by atoms with Gasteiger partial charge in [0, 0.05) is 25.6 Å². The van der Waals surface area contributed by atoms with Crippen molar-refractivity contribution in [2.75, 3.05) is 13.1 Å². The van der Waals surface area contributed by atoms with Crippen LogP contribution in [-0.4, -0.2) is 50.6 Å². The number of nitrogens with zero attached hydrogens (tertiary/aromatic N) is 1. The maximum absolute atomic E-state index is 12.5. The Morgan fingerprint density at radius 3 is 2.75 bits per heavy atom. The van der Waals surface area contributed by atoms with Crippen LogP contribution in [-0.2, 0) is 10.0 Å². The van der Waals surface area contributed by atoms with E-state index in [-0.39, 0.29) is 29.1 Å². The van der Waals surface area contributed by atoms with Gasteiger partial charge < -0.3 is 15.0 Å². The van der Waals surface area contributed by atoms with E-state index >= 15 is 0 Å². The molecule has 8 heteroatoms. The number of sulfonamides is 1. The average Bonchev–Trinajstić information content (AvgIpc) is 2.75. The molecule has 1 saturated heterocycles. The van der Waals surface area contributed by atoms with Crippen molar-refractivity contribution in [3.63, 3.8) is 0 Å². The maximum Gasteiger partial charge on any atom is 0.317 e. The third-order valence-electron chi connectivity index (χ3n) is 4.27. The number of benzene rings is 1. The van der Waals surface area contributed by atoms with Crippen molar-refractivity contribution in [3.8, 4) is 5.75 Å². The zero-order valence-electron chi connectivity index (χ0n) is 13.9. The van der Waals surface area contributed by atoms with Gasteiger partial charge in [0.25, 0.3) is 0 Å². The number of fused-ring (bicyclic) bond motifs is 2. The van der Waals surface area contributed by atoms with Gasteiger partial charge in [-0.25, -0.2) is 17.9 Å². The van der Waals surface area contributed by atoms with E-state index < -0.39 is 10.0 Å². The molecule has 3 rings (SSSR count). The molecular weight excluding hydrogens is 330 g/mol. The molecule has 1 aromatic carbocycles. The highest BCUT2D eigenvalue weighted by Crippen LogP contribution is 2.30. The van der Waals surface area contributed by atoms with Gasteiger partial charge in [-0.05, 0) is 32.4 Å². The fourth-order valence-electron chi connectivity index (χ4n) is 3.09. The first-order chi connectivity index (χ1) is 11.4. The third-order valence-corrected chi connectivity index (χ3v) is 5.79. The van der Waals surface area contributed by atoms with Gasteiger partial charge in [-0.15, -0.1) is 0 Å². The summed E-state index contributed by atoms with van der Waals surface area (Å²) in [5, 5.41) is 2.87. The topological polar surface area (TPSA) is 87.7 Å². The Morgan fingerprint density at radius 1 is 1.29 bits per heavy atom. The van der Waals surface area contributed by atoms with Gasteiger partial charge in [-0.2, -0.15) is 0 Å². The summed E-state index contributed by atoms with van der Waals surface area (Å²) >= 11 is 0. The number of urea groups is 1. The van der Waals surface area contributed by atoms with Gasteiger partial charge in [0.05, 0.1) is 6.04 Å². The van der Waals surface area contributed by atoms with Crippen LogP contribution in [0.1, 0.15) is 26.7 Å². The van der Waals surface area contributed by atoms with Gasteiger partial charge in [-0.1, -0.05) is 12.1 Å². The number of hydrogen-bond acceptors (Lipinski definition) is 4. The lowest BCUT2D eigenvalue weighted by Crippen LogP contribution is -2.44. The fourth-order valence-corrected chi connectivity index (χ4v) is 4.52. The summed E-state index contributed by atoms with van der Waals surface area (Å²) in [6, 6.07) is 6.25. The predicted molar refractivity (Wildman–Crippen MR) is 89.4 cm³/mol. The van der Waals surface area contributed by atoms with Crippen molar-refractivity contribution < 1.29 is 17.9 Å². The maximum atomic E-state index is 12.5. The number of nitrogens with one attached hydrogen (secondary N) is 2. The molecule has 0 aliphatic carbocycles. The van der Waals surface area contributed by atoms with Crippen molar-refractivity contribution in [1.29, 1.82) is 0 Å². The van der Waals surface area contributed by atoms with Crippen LogP contribution in [0.2, 0.25) is 0 Å². The lowest BCUT2D eigenvalue weighted by molar-refractivity contribution is 0.156. The second-order valence-corrected chi connectivity index (χ2v) is 8.18. The molecule has 2 heterocycles. The molecule has 2 aliphatic heterocycles. The van der Waals surface area contributed by atoms with Crippen LogP contribution in [0.4, 0.5) is 4.79 Å². The summed E-state index contributed by atoms with van der Waals surface area (Å²) in [5.41, 5.74) is 0. The summed E-state index contributed by atoms with van der Waals surface area (Å²) in [7, 11) is -3.62. The number of carbonyl (C=O) groups excluding carboxylic acids is 1. The standard InChI is InChI=1S/C16H23N3O4S/c1-11(2)17-16(20)19-9-7-12-13(8-10-19)23-14-5-3-4-6-15(14)24(21,22)18-12/h3-6,11-13,18H,7-10H2,1-2H3,(H,17,20)/t12-,13-/m0/s1. The minimum absolute atomic E-state index is 0.0628. The van der Waals surface area contributed by atoms with E-state index in [0.29, 0.717) is 31.7 Å². The van der Waals surface area contributed by atoms with Gasteiger partial charge in [0.15, 0.2) is 0 Å². The number of ether oxygens (including phenoxy) is 1. The van der Waals surface area contributed by atoms with Gasteiger partial charge in [0.2, 0.25) is 10.0 Å². The van der Waals surface area contributed by atoms with Crippen molar-refractivity contribution in [2.24, 2.45) is 0 Å². The minimum Gasteiger partial charge on any atom is -0.487 e. The molecule has 24 heavy (non-hydrogen) atoms. The van der Waals surface area contributed by atoms with Crippen LogP contribution in [0.15, 0.2) is 29.2 Å². The highest BCUT2D eigenvalue weighted by molar-refractivity contribution is 7.89. The second kappa shape index (κ2) is 6.60. The molecule has 0 saturated carbocycles. The second-order valence-electron chi connectivity index (χ2n) is 6.50. The first-order valence-electron chi connectivity index (χ1n) is 8.20. The van der Waals surface area contributed by atoms with Crippen molar-refractivity contribution in [2.45, 2.75) is 49.8 Å². The molecule has 2 aliphatic rings. The predicted octanol–water partition coefficient (Wildman–Crippen LogP) is 1.31. The van der Waals surface area contributed by atoms with Crippen LogP contribution in [0.3, 0.4) is 0 Å². The molecule has 2 atom stereocenters. The van der Waals surface area contributed by atoms with E-state index in [9.17, 15) is 13.2 Å². The zero-order chi connectivity index (χ0) is 17.3. The quantitative estimate of drug-likeness (QED) is 0.797. The summed E-state index contributed by atoms with van der Waals surface area (Å²) in [6.07, 6.45) is 0.802. The Kier molecular flexibility index (Phi) is 4.69. The molecule has 2 N–H and O–H groups in total. The Labute approximate surface area is 142 Å². The summed E-state index contributed by atoms with van der Waals surface area (Å²) in [5.74, 6) is 0.373. The van der Waals surface area contributed by atoms with Crippen molar-refractivity contribution in [1.82, 2.24) is 14.9 Å². The number of hydrogen-bond donors (Lipinski definition) is 2. The largest absolute Gasteiger partial charge is 0.487 e. The molecule has 132 valence electrons. The molecule has 0 unspecified atom stereocenters.